The Morgan fingerprint density at radius 2 is 1.86 bits per heavy atom. The second-order valence-electron chi connectivity index (χ2n) is 5.47. The van der Waals surface area contributed by atoms with Gasteiger partial charge in [-0.2, -0.15) is 0 Å². The third kappa shape index (κ3) is 5.94. The van der Waals surface area contributed by atoms with Crippen molar-refractivity contribution >= 4 is 11.8 Å². The third-order valence-corrected chi connectivity index (χ3v) is 4.60. The first-order valence-corrected chi connectivity index (χ1v) is 8.73. The summed E-state index contributed by atoms with van der Waals surface area (Å²) in [4.78, 5) is 1.37. The molecule has 0 aromatic heterocycles. The predicted molar refractivity (Wildman–Crippen MR) is 94.1 cm³/mol. The molecule has 0 saturated carbocycles. The Morgan fingerprint density at radius 3 is 2.57 bits per heavy atom. The van der Waals surface area contributed by atoms with Crippen LogP contribution in [0, 0.1) is 6.92 Å². The molecular weight excluding hydrogens is 274 g/mol. The maximum atomic E-state index is 3.68. The molecule has 0 heterocycles. The van der Waals surface area contributed by atoms with Crippen LogP contribution in [0.15, 0.2) is 59.5 Å². The molecule has 0 fully saturated rings. The maximum absolute atomic E-state index is 3.68. The number of thioether (sulfide) groups is 1. The van der Waals surface area contributed by atoms with Gasteiger partial charge in [-0.05, 0) is 44.0 Å². The van der Waals surface area contributed by atoms with Crippen LogP contribution in [0.1, 0.15) is 24.5 Å². The fraction of sp³-hybridized carbons (Fsp3) is 0.368. The van der Waals surface area contributed by atoms with E-state index in [1.165, 1.54) is 22.4 Å². The molecule has 0 radical (unpaired) electrons. The highest BCUT2D eigenvalue weighted by Gasteiger charge is 2.09. The molecule has 0 aliphatic heterocycles. The molecule has 0 saturated heterocycles. The summed E-state index contributed by atoms with van der Waals surface area (Å²) in [6.07, 6.45) is 2.28. The fourth-order valence-electron chi connectivity index (χ4n) is 2.34. The molecule has 0 bridgehead atoms. The molecule has 1 nitrogen and oxygen atoms in total. The van der Waals surface area contributed by atoms with Crippen LogP contribution < -0.4 is 5.32 Å². The smallest absolute Gasteiger partial charge is 0.0202 e. The number of hydrogen-bond acceptors (Lipinski definition) is 2. The predicted octanol–water partition coefficient (Wildman–Crippen LogP) is 4.70. The monoisotopic (exact) mass is 299 g/mol. The van der Waals surface area contributed by atoms with Gasteiger partial charge in [-0.15, -0.1) is 11.8 Å². The maximum Gasteiger partial charge on any atom is 0.0202 e. The SMILES string of the molecule is CCCNC(CSc1cccc(C)c1)Cc1ccccc1. The van der Waals surface area contributed by atoms with Gasteiger partial charge >= 0.3 is 0 Å². The lowest BCUT2D eigenvalue weighted by Gasteiger charge is -2.18. The van der Waals surface area contributed by atoms with Crippen molar-refractivity contribution in [2.45, 2.75) is 37.6 Å². The highest BCUT2D eigenvalue weighted by Crippen LogP contribution is 2.20. The van der Waals surface area contributed by atoms with E-state index in [4.69, 9.17) is 0 Å². The fourth-order valence-corrected chi connectivity index (χ4v) is 3.41. The van der Waals surface area contributed by atoms with Gasteiger partial charge in [0.15, 0.2) is 0 Å². The first kappa shape index (κ1) is 16.1. The average molecular weight is 299 g/mol. The summed E-state index contributed by atoms with van der Waals surface area (Å²) >= 11 is 1.95. The third-order valence-electron chi connectivity index (χ3n) is 3.45. The second-order valence-corrected chi connectivity index (χ2v) is 6.56. The van der Waals surface area contributed by atoms with Crippen LogP contribution >= 0.6 is 11.8 Å². The Balaban J connectivity index is 1.92. The van der Waals surface area contributed by atoms with E-state index in [1.54, 1.807) is 0 Å². The quantitative estimate of drug-likeness (QED) is 0.709. The zero-order chi connectivity index (χ0) is 14.9. The first-order valence-electron chi connectivity index (χ1n) is 7.74. The molecule has 1 unspecified atom stereocenters. The largest absolute Gasteiger partial charge is 0.313 e. The van der Waals surface area contributed by atoms with Crippen LogP contribution in [-0.4, -0.2) is 18.3 Å². The lowest BCUT2D eigenvalue weighted by Crippen LogP contribution is -2.34. The minimum absolute atomic E-state index is 0.526. The summed E-state index contributed by atoms with van der Waals surface area (Å²) in [5, 5.41) is 3.68. The van der Waals surface area contributed by atoms with Gasteiger partial charge in [0.05, 0.1) is 0 Å². The molecule has 2 aromatic rings. The molecule has 1 N–H and O–H groups in total. The van der Waals surface area contributed by atoms with Crippen molar-refractivity contribution in [3.05, 3.63) is 65.7 Å². The molecule has 0 aliphatic rings. The van der Waals surface area contributed by atoms with Gasteiger partial charge in [0, 0.05) is 16.7 Å². The van der Waals surface area contributed by atoms with E-state index in [-0.39, 0.29) is 0 Å². The molecule has 21 heavy (non-hydrogen) atoms. The highest BCUT2D eigenvalue weighted by atomic mass is 32.2. The number of hydrogen-bond donors (Lipinski definition) is 1. The van der Waals surface area contributed by atoms with Crippen LogP contribution in [0.25, 0.3) is 0 Å². The van der Waals surface area contributed by atoms with Gasteiger partial charge in [0.25, 0.3) is 0 Å². The Morgan fingerprint density at radius 1 is 1.05 bits per heavy atom. The summed E-state index contributed by atoms with van der Waals surface area (Å²) in [6.45, 7) is 5.47. The standard InChI is InChI=1S/C19H25NS/c1-3-12-20-18(14-17-9-5-4-6-10-17)15-21-19-11-7-8-16(2)13-19/h4-11,13,18,20H,3,12,14-15H2,1-2H3. The Hall–Kier alpha value is -1.25. The van der Waals surface area contributed by atoms with Crippen molar-refractivity contribution in [1.29, 1.82) is 0 Å². The van der Waals surface area contributed by atoms with Gasteiger partial charge in [-0.1, -0.05) is 55.0 Å². The topological polar surface area (TPSA) is 12.0 Å². The van der Waals surface area contributed by atoms with Gasteiger partial charge in [0.1, 0.15) is 0 Å². The van der Waals surface area contributed by atoms with E-state index in [9.17, 15) is 0 Å². The zero-order valence-electron chi connectivity index (χ0n) is 13.0. The molecule has 0 aliphatic carbocycles. The molecule has 2 heteroatoms. The molecule has 112 valence electrons. The Labute approximate surface area is 133 Å². The van der Waals surface area contributed by atoms with Gasteiger partial charge in [-0.3, -0.25) is 0 Å². The summed E-state index contributed by atoms with van der Waals surface area (Å²) in [7, 11) is 0. The molecule has 2 rings (SSSR count). The summed E-state index contributed by atoms with van der Waals surface area (Å²) in [5.74, 6) is 1.11. The molecule has 1 atom stereocenters. The van der Waals surface area contributed by atoms with E-state index in [0.717, 1.165) is 18.7 Å². The lowest BCUT2D eigenvalue weighted by atomic mass is 10.1. The van der Waals surface area contributed by atoms with E-state index in [2.05, 4.69) is 73.8 Å². The van der Waals surface area contributed by atoms with Crippen molar-refractivity contribution in [3.8, 4) is 0 Å². The van der Waals surface area contributed by atoms with Crippen LogP contribution in [-0.2, 0) is 6.42 Å². The minimum Gasteiger partial charge on any atom is -0.313 e. The molecule has 0 spiro atoms. The number of nitrogens with one attached hydrogen (secondary N) is 1. The first-order chi connectivity index (χ1) is 10.3. The highest BCUT2D eigenvalue weighted by molar-refractivity contribution is 7.99. The van der Waals surface area contributed by atoms with Crippen molar-refractivity contribution in [1.82, 2.24) is 5.32 Å². The normalized spacial score (nSPS) is 12.3. The van der Waals surface area contributed by atoms with Crippen molar-refractivity contribution in [2.24, 2.45) is 0 Å². The summed E-state index contributed by atoms with van der Waals surface area (Å²) in [6, 6.07) is 20.1. The van der Waals surface area contributed by atoms with Crippen molar-refractivity contribution in [2.75, 3.05) is 12.3 Å². The average Bonchev–Trinajstić information content (AvgIpc) is 2.51. The molecular formula is C19H25NS. The van der Waals surface area contributed by atoms with Crippen molar-refractivity contribution in [3.63, 3.8) is 0 Å². The summed E-state index contributed by atoms with van der Waals surface area (Å²) in [5.41, 5.74) is 2.75. The Kier molecular flexibility index (Phi) is 6.84. The molecule has 2 aromatic carbocycles. The van der Waals surface area contributed by atoms with Gasteiger partial charge in [-0.25, -0.2) is 0 Å². The van der Waals surface area contributed by atoms with Gasteiger partial charge < -0.3 is 5.32 Å². The zero-order valence-corrected chi connectivity index (χ0v) is 13.8. The second kappa shape index (κ2) is 8.91. The number of aryl methyl sites for hydroxylation is 1. The minimum atomic E-state index is 0.526. The number of rotatable bonds is 8. The lowest BCUT2D eigenvalue weighted by molar-refractivity contribution is 0.550. The molecule has 0 amide bonds. The van der Waals surface area contributed by atoms with E-state index >= 15 is 0 Å². The van der Waals surface area contributed by atoms with E-state index < -0.39 is 0 Å². The van der Waals surface area contributed by atoms with Crippen LogP contribution in [0.5, 0.6) is 0 Å². The van der Waals surface area contributed by atoms with Crippen molar-refractivity contribution < 1.29 is 0 Å². The van der Waals surface area contributed by atoms with Crippen LogP contribution in [0.3, 0.4) is 0 Å². The Bertz CT molecular complexity index is 524. The summed E-state index contributed by atoms with van der Waals surface area (Å²) < 4.78 is 0. The van der Waals surface area contributed by atoms with Gasteiger partial charge in [0.2, 0.25) is 0 Å². The van der Waals surface area contributed by atoms with E-state index in [1.807, 2.05) is 11.8 Å². The van der Waals surface area contributed by atoms with E-state index in [0.29, 0.717) is 6.04 Å². The number of benzene rings is 2. The van der Waals surface area contributed by atoms with Crippen LogP contribution in [0.4, 0.5) is 0 Å². The van der Waals surface area contributed by atoms with Crippen LogP contribution in [0.2, 0.25) is 0 Å².